The highest BCUT2D eigenvalue weighted by atomic mass is 28.4. The number of carboxylic acid groups (broad SMARTS) is 1. The third-order valence-corrected chi connectivity index (χ3v) is 5.14. The molecule has 0 saturated carbocycles. The van der Waals surface area contributed by atoms with Crippen molar-refractivity contribution >= 4 is 15.0 Å². The molecule has 9 heteroatoms. The second kappa shape index (κ2) is 16.3. The van der Waals surface area contributed by atoms with Crippen LogP contribution in [-0.4, -0.2) is 59.1 Å². The molecule has 0 aliphatic rings. The molecule has 8 nitrogen and oxygen atoms in total. The van der Waals surface area contributed by atoms with E-state index in [9.17, 15) is 4.79 Å². The van der Waals surface area contributed by atoms with Crippen LogP contribution < -0.4 is 11.5 Å². The first-order valence-corrected chi connectivity index (χ1v) is 9.80. The molecule has 0 rings (SSSR count). The monoisotopic (exact) mass is 354 g/mol. The summed E-state index contributed by atoms with van der Waals surface area (Å²) in [6.45, 7) is 10.4. The lowest BCUT2D eigenvalue weighted by Gasteiger charge is -2.26. The molecule has 140 valence electrons. The van der Waals surface area contributed by atoms with E-state index < -0.39 is 21.1 Å². The number of carboxylic acids is 1. The first kappa shape index (κ1) is 24.7. The van der Waals surface area contributed by atoms with E-state index >= 15 is 0 Å². The molecule has 0 saturated heterocycles. The molecule has 0 unspecified atom stereocenters. The maximum absolute atomic E-state index is 10.1. The van der Waals surface area contributed by atoms with Crippen molar-refractivity contribution in [3.05, 3.63) is 0 Å². The molecule has 0 bridgehead atoms. The highest BCUT2D eigenvalue weighted by Crippen LogP contribution is 2.11. The summed E-state index contributed by atoms with van der Waals surface area (Å²) in [6, 6.07) is -0.716. The molecular weight excluding hydrogens is 320 g/mol. The Kier molecular flexibility index (Phi) is 17.5. The van der Waals surface area contributed by atoms with E-state index in [0.717, 1.165) is 12.8 Å². The third-order valence-electron chi connectivity index (χ3n) is 2.57. The summed E-state index contributed by atoms with van der Waals surface area (Å²) >= 11 is 0. The molecule has 0 aromatic carbocycles. The minimum absolute atomic E-state index is 0.520. The fourth-order valence-corrected chi connectivity index (χ4v) is 3.50. The topological polar surface area (TPSA) is 126 Å². The normalized spacial score (nSPS) is 12.4. The van der Waals surface area contributed by atoms with Crippen molar-refractivity contribution in [3.63, 3.8) is 0 Å². The van der Waals surface area contributed by atoms with Crippen molar-refractivity contribution in [1.29, 1.82) is 0 Å². The first-order valence-electron chi connectivity index (χ1n) is 8.17. The number of unbranched alkanes of at least 4 members (excludes halogenated alkanes) is 1. The lowest BCUT2D eigenvalue weighted by molar-refractivity contribution is -0.138. The molecule has 0 heterocycles. The van der Waals surface area contributed by atoms with E-state index in [1.165, 1.54) is 0 Å². The summed E-state index contributed by atoms with van der Waals surface area (Å²) in [7, 11) is -2.80. The third kappa shape index (κ3) is 13.6. The Morgan fingerprint density at radius 2 is 1.35 bits per heavy atom. The van der Waals surface area contributed by atoms with Gasteiger partial charge in [-0.2, -0.15) is 0 Å². The summed E-state index contributed by atoms with van der Waals surface area (Å²) < 4.78 is 21.7. The summed E-state index contributed by atoms with van der Waals surface area (Å²) in [5, 5.41) is 8.33. The molecule has 0 aromatic heterocycles. The van der Waals surface area contributed by atoms with E-state index in [2.05, 4.69) is 0 Å². The van der Waals surface area contributed by atoms with Crippen molar-refractivity contribution in [2.24, 2.45) is 11.5 Å². The van der Waals surface area contributed by atoms with Gasteiger partial charge in [0.15, 0.2) is 0 Å². The summed E-state index contributed by atoms with van der Waals surface area (Å²) in [5.74, 6) is -0.933. The van der Waals surface area contributed by atoms with Crippen LogP contribution in [0.2, 0.25) is 0 Å². The van der Waals surface area contributed by atoms with Gasteiger partial charge in [-0.3, -0.25) is 4.79 Å². The number of hydrogen-bond acceptors (Lipinski definition) is 7. The van der Waals surface area contributed by atoms with Crippen LogP contribution in [0.5, 0.6) is 0 Å². The molecule has 0 spiro atoms. The van der Waals surface area contributed by atoms with Crippen LogP contribution in [-0.2, 0) is 22.5 Å². The van der Waals surface area contributed by atoms with E-state index in [1.54, 1.807) is 0 Å². The Balaban J connectivity index is 0. The minimum Gasteiger partial charge on any atom is -0.480 e. The Bertz CT molecular complexity index is 254. The zero-order valence-corrected chi connectivity index (χ0v) is 15.9. The summed E-state index contributed by atoms with van der Waals surface area (Å²) in [4.78, 5) is 10.1. The predicted molar refractivity (Wildman–Crippen MR) is 90.8 cm³/mol. The van der Waals surface area contributed by atoms with Crippen LogP contribution in [0.1, 0.15) is 47.0 Å². The van der Waals surface area contributed by atoms with E-state index in [0.29, 0.717) is 39.4 Å². The van der Waals surface area contributed by atoms with Crippen LogP contribution in [0.3, 0.4) is 0 Å². The molecule has 0 aromatic rings. The molecule has 0 radical (unpaired) electrons. The Labute approximate surface area is 140 Å². The zero-order chi connectivity index (χ0) is 18.1. The fraction of sp³-hybridized carbons (Fsp3) is 0.929. The van der Waals surface area contributed by atoms with Crippen molar-refractivity contribution in [2.75, 3.05) is 33.0 Å². The molecule has 1 atom stereocenters. The van der Waals surface area contributed by atoms with E-state index in [-0.39, 0.29) is 0 Å². The van der Waals surface area contributed by atoms with Crippen LogP contribution in [0.25, 0.3) is 0 Å². The Morgan fingerprint density at radius 1 is 0.957 bits per heavy atom. The van der Waals surface area contributed by atoms with Crippen molar-refractivity contribution in [2.45, 2.75) is 53.0 Å². The van der Waals surface area contributed by atoms with Gasteiger partial charge in [-0.1, -0.05) is 6.42 Å². The van der Waals surface area contributed by atoms with Gasteiger partial charge >= 0.3 is 15.0 Å². The van der Waals surface area contributed by atoms with Crippen LogP contribution in [0, 0.1) is 0 Å². The largest absolute Gasteiger partial charge is 0.679 e. The maximum Gasteiger partial charge on any atom is 0.679 e. The van der Waals surface area contributed by atoms with Gasteiger partial charge in [0.05, 0.1) is 0 Å². The average molecular weight is 355 g/mol. The van der Waals surface area contributed by atoms with E-state index in [1.807, 2.05) is 27.7 Å². The smallest absolute Gasteiger partial charge is 0.480 e. The summed E-state index contributed by atoms with van der Waals surface area (Å²) in [5.41, 5.74) is 10.4. The second-order valence-electron chi connectivity index (χ2n) is 4.46. The van der Waals surface area contributed by atoms with Gasteiger partial charge in [-0.05, 0) is 47.1 Å². The summed E-state index contributed by atoms with van der Waals surface area (Å²) in [6.07, 6.45) is 2.16. The molecule has 0 aliphatic carbocycles. The lowest BCUT2D eigenvalue weighted by atomic mass is 10.1. The Morgan fingerprint density at radius 3 is 1.61 bits per heavy atom. The van der Waals surface area contributed by atoms with Crippen molar-refractivity contribution in [1.82, 2.24) is 0 Å². The Hall–Kier alpha value is -0.553. The maximum atomic E-state index is 10.1. The van der Waals surface area contributed by atoms with Gasteiger partial charge < -0.3 is 34.3 Å². The van der Waals surface area contributed by atoms with Crippen LogP contribution >= 0.6 is 0 Å². The first-order chi connectivity index (χ1) is 10.9. The second-order valence-corrected chi connectivity index (χ2v) is 6.62. The number of aliphatic carboxylic acids is 1. The zero-order valence-electron chi connectivity index (χ0n) is 14.9. The number of carbonyl (C=O) groups is 1. The van der Waals surface area contributed by atoms with Crippen molar-refractivity contribution in [3.8, 4) is 0 Å². The SMILES string of the molecule is CCO[Si](OCC)(OCC)OCC.NCCCC[C@H](N)C(=O)O. The number of rotatable bonds is 13. The molecular formula is C14H34N2O6Si. The highest BCUT2D eigenvalue weighted by Gasteiger charge is 2.44. The fourth-order valence-electron chi connectivity index (χ4n) is 1.59. The highest BCUT2D eigenvalue weighted by molar-refractivity contribution is 6.53. The van der Waals surface area contributed by atoms with Gasteiger partial charge in [0, 0.05) is 26.4 Å². The minimum atomic E-state index is -2.80. The van der Waals surface area contributed by atoms with Crippen molar-refractivity contribution < 1.29 is 27.6 Å². The van der Waals surface area contributed by atoms with Gasteiger partial charge in [-0.15, -0.1) is 0 Å². The molecule has 5 N–H and O–H groups in total. The molecule has 0 fully saturated rings. The predicted octanol–water partition coefficient (Wildman–Crippen LogP) is 1.10. The lowest BCUT2D eigenvalue weighted by Crippen LogP contribution is -2.49. The number of hydrogen-bond donors (Lipinski definition) is 3. The molecule has 0 amide bonds. The van der Waals surface area contributed by atoms with Gasteiger partial charge in [-0.25, -0.2) is 0 Å². The van der Waals surface area contributed by atoms with Gasteiger partial charge in [0.25, 0.3) is 0 Å². The molecule has 0 aliphatic heterocycles. The standard InChI is InChI=1S/C8H20O4Si.C6H14N2O2/c1-5-9-13(10-6-2,11-7-3)12-8-4;7-4-2-1-3-5(8)6(9)10/h5-8H2,1-4H3;5H,1-4,7-8H2,(H,9,10)/t;5-/m.0/s1. The average Bonchev–Trinajstić information content (AvgIpc) is 2.49. The number of nitrogens with two attached hydrogens (primary N) is 2. The van der Waals surface area contributed by atoms with Gasteiger partial charge in [0.1, 0.15) is 6.04 Å². The quantitative estimate of drug-likeness (QED) is 0.331. The van der Waals surface area contributed by atoms with Gasteiger partial charge in [0.2, 0.25) is 0 Å². The van der Waals surface area contributed by atoms with Crippen LogP contribution in [0.15, 0.2) is 0 Å². The van der Waals surface area contributed by atoms with Crippen LogP contribution in [0.4, 0.5) is 0 Å². The molecule has 23 heavy (non-hydrogen) atoms. The van der Waals surface area contributed by atoms with E-state index in [4.69, 9.17) is 34.3 Å².